The molecule has 0 fully saturated rings. The minimum Gasteiger partial charge on any atom is -0.496 e. The minimum absolute atomic E-state index is 0. The summed E-state index contributed by atoms with van der Waals surface area (Å²) in [5.74, 6) is 0.366. The molecule has 0 saturated heterocycles. The van der Waals surface area contributed by atoms with Gasteiger partial charge in [0.2, 0.25) is 0 Å². The zero-order chi connectivity index (χ0) is 14.6. The Morgan fingerprint density at radius 2 is 1.85 bits per heavy atom. The fourth-order valence-electron chi connectivity index (χ4n) is 1.83. The first-order valence-corrected chi connectivity index (χ1v) is 5.92. The monoisotopic (exact) mass is 313 g/mol. The van der Waals surface area contributed by atoms with Crippen molar-refractivity contribution in [2.75, 3.05) is 7.11 Å². The number of alkyl halides is 3. The van der Waals surface area contributed by atoms with Gasteiger partial charge in [0.25, 0.3) is 0 Å². The van der Waals surface area contributed by atoms with Gasteiger partial charge in [-0.1, -0.05) is 19.9 Å². The lowest BCUT2D eigenvalue weighted by Crippen LogP contribution is -2.18. The maximum atomic E-state index is 12.1. The standard InChI is InChI=1S/C13H18F3NO2.ClH/c1-8(2)6-11(17)10-5-4-9(7-12(10)18-3)19-13(14,15)16;/h4-5,7-8,11H,6,17H2,1-3H3;1H/t11-;/m0./s1. The van der Waals surface area contributed by atoms with Crippen LogP contribution in [-0.2, 0) is 0 Å². The Morgan fingerprint density at radius 3 is 2.30 bits per heavy atom. The van der Waals surface area contributed by atoms with Gasteiger partial charge in [0, 0.05) is 17.7 Å². The molecule has 0 bridgehead atoms. The van der Waals surface area contributed by atoms with E-state index in [1.54, 1.807) is 0 Å². The van der Waals surface area contributed by atoms with Crippen molar-refractivity contribution in [1.82, 2.24) is 0 Å². The van der Waals surface area contributed by atoms with Crippen LogP contribution in [0.2, 0.25) is 0 Å². The Balaban J connectivity index is 0.00000361. The zero-order valence-corrected chi connectivity index (χ0v) is 12.3. The van der Waals surface area contributed by atoms with Gasteiger partial charge in [-0.25, -0.2) is 0 Å². The van der Waals surface area contributed by atoms with Gasteiger partial charge < -0.3 is 15.2 Å². The molecule has 0 aliphatic carbocycles. The highest BCUT2D eigenvalue weighted by Crippen LogP contribution is 2.33. The number of ether oxygens (including phenoxy) is 2. The predicted octanol–water partition coefficient (Wildman–Crippen LogP) is 4.06. The second-order valence-electron chi connectivity index (χ2n) is 4.69. The van der Waals surface area contributed by atoms with Crippen LogP contribution in [0.5, 0.6) is 11.5 Å². The average Bonchev–Trinajstić information content (AvgIpc) is 2.25. The predicted molar refractivity (Wildman–Crippen MR) is 73.3 cm³/mol. The molecule has 0 heterocycles. The zero-order valence-electron chi connectivity index (χ0n) is 11.5. The molecule has 1 atom stereocenters. The third kappa shape index (κ3) is 5.88. The van der Waals surface area contributed by atoms with E-state index in [9.17, 15) is 13.2 Å². The lowest BCUT2D eigenvalue weighted by atomic mass is 9.97. The minimum atomic E-state index is -4.72. The Kier molecular flexibility index (Phi) is 7.16. The van der Waals surface area contributed by atoms with Crippen LogP contribution in [0.25, 0.3) is 0 Å². The quantitative estimate of drug-likeness (QED) is 0.891. The van der Waals surface area contributed by atoms with Gasteiger partial charge >= 0.3 is 6.36 Å². The lowest BCUT2D eigenvalue weighted by Gasteiger charge is -2.18. The van der Waals surface area contributed by atoms with Crippen molar-refractivity contribution in [2.24, 2.45) is 11.7 Å². The highest BCUT2D eigenvalue weighted by molar-refractivity contribution is 5.85. The molecule has 0 unspecified atom stereocenters. The molecule has 7 heteroatoms. The van der Waals surface area contributed by atoms with Crippen molar-refractivity contribution in [2.45, 2.75) is 32.7 Å². The fraction of sp³-hybridized carbons (Fsp3) is 0.538. The number of benzene rings is 1. The molecular formula is C13H19ClF3NO2. The molecule has 2 N–H and O–H groups in total. The molecule has 20 heavy (non-hydrogen) atoms. The maximum Gasteiger partial charge on any atom is 0.573 e. The molecule has 0 aliphatic heterocycles. The van der Waals surface area contributed by atoms with Gasteiger partial charge in [-0.15, -0.1) is 25.6 Å². The molecule has 3 nitrogen and oxygen atoms in total. The number of hydrogen-bond acceptors (Lipinski definition) is 3. The second kappa shape index (κ2) is 7.59. The molecule has 0 radical (unpaired) electrons. The van der Waals surface area contributed by atoms with Crippen molar-refractivity contribution >= 4 is 12.4 Å². The van der Waals surface area contributed by atoms with E-state index >= 15 is 0 Å². The van der Waals surface area contributed by atoms with Crippen LogP contribution >= 0.6 is 12.4 Å². The van der Waals surface area contributed by atoms with Gasteiger partial charge in [-0.3, -0.25) is 0 Å². The third-order valence-electron chi connectivity index (χ3n) is 2.56. The molecule has 0 amide bonds. The highest BCUT2D eigenvalue weighted by Gasteiger charge is 2.31. The van der Waals surface area contributed by atoms with Gasteiger partial charge in [0.15, 0.2) is 0 Å². The highest BCUT2D eigenvalue weighted by atomic mass is 35.5. The summed E-state index contributed by atoms with van der Waals surface area (Å²) in [6, 6.07) is 3.66. The van der Waals surface area contributed by atoms with E-state index in [4.69, 9.17) is 10.5 Å². The van der Waals surface area contributed by atoms with Crippen LogP contribution in [0.15, 0.2) is 18.2 Å². The van der Waals surface area contributed by atoms with E-state index in [0.29, 0.717) is 17.2 Å². The van der Waals surface area contributed by atoms with E-state index in [1.165, 1.54) is 25.3 Å². The first kappa shape index (κ1) is 18.9. The summed E-state index contributed by atoms with van der Waals surface area (Å²) in [6.07, 6.45) is -4.00. The SMILES string of the molecule is COc1cc(OC(F)(F)F)ccc1[C@@H](N)CC(C)C.Cl. The Morgan fingerprint density at radius 1 is 1.25 bits per heavy atom. The topological polar surface area (TPSA) is 44.5 Å². The van der Waals surface area contributed by atoms with Gasteiger partial charge in [0.05, 0.1) is 7.11 Å². The maximum absolute atomic E-state index is 12.1. The summed E-state index contributed by atoms with van der Waals surface area (Å²) in [4.78, 5) is 0. The van der Waals surface area contributed by atoms with Crippen molar-refractivity contribution in [1.29, 1.82) is 0 Å². The van der Waals surface area contributed by atoms with Crippen molar-refractivity contribution in [3.05, 3.63) is 23.8 Å². The van der Waals surface area contributed by atoms with Gasteiger partial charge in [-0.05, 0) is 18.4 Å². The van der Waals surface area contributed by atoms with Crippen LogP contribution in [-0.4, -0.2) is 13.5 Å². The summed E-state index contributed by atoms with van der Waals surface area (Å²) in [6.45, 7) is 4.04. The van der Waals surface area contributed by atoms with E-state index in [-0.39, 0.29) is 24.2 Å². The van der Waals surface area contributed by atoms with Crippen LogP contribution < -0.4 is 15.2 Å². The number of hydrogen-bond donors (Lipinski definition) is 1. The Bertz CT molecular complexity index is 425. The molecule has 0 aliphatic rings. The lowest BCUT2D eigenvalue weighted by molar-refractivity contribution is -0.274. The van der Waals surface area contributed by atoms with E-state index in [1.807, 2.05) is 13.8 Å². The summed E-state index contributed by atoms with van der Waals surface area (Å²) in [5, 5.41) is 0. The molecule has 1 aromatic rings. The van der Waals surface area contributed by atoms with Crippen molar-refractivity contribution in [3.8, 4) is 11.5 Å². The van der Waals surface area contributed by atoms with E-state index < -0.39 is 6.36 Å². The third-order valence-corrected chi connectivity index (χ3v) is 2.56. The molecule has 0 spiro atoms. The number of nitrogens with two attached hydrogens (primary N) is 1. The molecule has 0 saturated carbocycles. The number of halogens is 4. The normalized spacial score (nSPS) is 12.8. The largest absolute Gasteiger partial charge is 0.573 e. The van der Waals surface area contributed by atoms with Crippen LogP contribution in [0.1, 0.15) is 31.9 Å². The first-order valence-electron chi connectivity index (χ1n) is 5.92. The molecule has 116 valence electrons. The molecule has 0 aromatic heterocycles. The van der Waals surface area contributed by atoms with E-state index in [0.717, 1.165) is 6.42 Å². The Hall–Kier alpha value is -1.14. The molecular weight excluding hydrogens is 295 g/mol. The number of rotatable bonds is 5. The molecule has 1 aromatic carbocycles. The van der Waals surface area contributed by atoms with E-state index in [2.05, 4.69) is 4.74 Å². The van der Waals surface area contributed by atoms with Gasteiger partial charge in [-0.2, -0.15) is 0 Å². The fourth-order valence-corrected chi connectivity index (χ4v) is 1.83. The van der Waals surface area contributed by atoms with Crippen molar-refractivity contribution in [3.63, 3.8) is 0 Å². The second-order valence-corrected chi connectivity index (χ2v) is 4.69. The summed E-state index contributed by atoms with van der Waals surface area (Å²) in [7, 11) is 1.39. The first-order chi connectivity index (χ1) is 8.73. The Labute approximate surface area is 122 Å². The molecule has 1 rings (SSSR count). The number of methoxy groups -OCH3 is 1. The summed E-state index contributed by atoms with van der Waals surface area (Å²) in [5.41, 5.74) is 6.68. The smallest absolute Gasteiger partial charge is 0.496 e. The summed E-state index contributed by atoms with van der Waals surface area (Å²) >= 11 is 0. The average molecular weight is 314 g/mol. The van der Waals surface area contributed by atoms with Crippen LogP contribution in [0.4, 0.5) is 13.2 Å². The van der Waals surface area contributed by atoms with Crippen LogP contribution in [0.3, 0.4) is 0 Å². The van der Waals surface area contributed by atoms with Gasteiger partial charge in [0.1, 0.15) is 11.5 Å². The van der Waals surface area contributed by atoms with Crippen molar-refractivity contribution < 1.29 is 22.6 Å². The van der Waals surface area contributed by atoms with Crippen LogP contribution in [0, 0.1) is 5.92 Å². The summed E-state index contributed by atoms with van der Waals surface area (Å²) < 4.78 is 45.3.